The lowest BCUT2D eigenvalue weighted by Gasteiger charge is -2.14. The first-order chi connectivity index (χ1) is 19.2. The van der Waals surface area contributed by atoms with Crippen molar-refractivity contribution in [2.24, 2.45) is 0 Å². The highest BCUT2D eigenvalue weighted by atomic mass is 32.1. The van der Waals surface area contributed by atoms with Crippen molar-refractivity contribution >= 4 is 44.9 Å². The number of thiazole rings is 1. The average Bonchev–Trinajstić information content (AvgIpc) is 3.37. The quantitative estimate of drug-likeness (QED) is 0.203. The maximum atomic E-state index is 13.9. The normalized spacial score (nSPS) is 11.2. The number of alkyl halides is 3. The van der Waals surface area contributed by atoms with E-state index in [0.29, 0.717) is 22.7 Å². The maximum absolute atomic E-state index is 13.9. The lowest BCUT2D eigenvalue weighted by molar-refractivity contribution is -0.137. The van der Waals surface area contributed by atoms with Gasteiger partial charge in [0, 0.05) is 36.2 Å². The molecule has 0 aliphatic carbocycles. The van der Waals surface area contributed by atoms with Crippen LogP contribution in [0.4, 0.5) is 29.3 Å². The van der Waals surface area contributed by atoms with Crippen molar-refractivity contribution in [2.45, 2.75) is 6.18 Å². The molecule has 8 nitrogen and oxygen atoms in total. The Balaban J connectivity index is 1.27. The van der Waals surface area contributed by atoms with E-state index < -0.39 is 17.8 Å². The van der Waals surface area contributed by atoms with Crippen LogP contribution in [0.5, 0.6) is 11.5 Å². The molecule has 3 amide bonds. The molecule has 0 atom stereocenters. The molecule has 5 rings (SSSR count). The number of pyridine rings is 1. The number of amides is 3. The second-order valence-corrected chi connectivity index (χ2v) is 9.44. The summed E-state index contributed by atoms with van der Waals surface area (Å²) in [5.41, 5.74) is 0.195. The van der Waals surface area contributed by atoms with Gasteiger partial charge in [0.1, 0.15) is 22.2 Å². The Labute approximate surface area is 229 Å². The zero-order valence-electron chi connectivity index (χ0n) is 20.7. The molecular weight excluding hydrogens is 543 g/mol. The first-order valence-electron chi connectivity index (χ1n) is 11.8. The molecule has 202 valence electrons. The fourth-order valence-electron chi connectivity index (χ4n) is 3.79. The molecule has 40 heavy (non-hydrogen) atoms. The molecule has 3 aromatic carbocycles. The van der Waals surface area contributed by atoms with Crippen LogP contribution in [0.2, 0.25) is 0 Å². The van der Waals surface area contributed by atoms with Gasteiger partial charge in [0.25, 0.3) is 5.91 Å². The molecule has 2 heterocycles. The van der Waals surface area contributed by atoms with E-state index in [9.17, 15) is 22.8 Å². The summed E-state index contributed by atoms with van der Waals surface area (Å²) in [4.78, 5) is 32.6. The number of carbonyl (C=O) groups is 2. The molecular formula is C28H20F3N5O3S. The number of para-hydroxylation sites is 1. The summed E-state index contributed by atoms with van der Waals surface area (Å²) in [5, 5.41) is 7.74. The summed E-state index contributed by atoms with van der Waals surface area (Å²) in [7, 11) is 1.49. The predicted molar refractivity (Wildman–Crippen MR) is 147 cm³/mol. The summed E-state index contributed by atoms with van der Waals surface area (Å²) in [5.74, 6) is 0.465. The lowest BCUT2D eigenvalue weighted by atomic mass is 10.1. The average molecular weight is 564 g/mol. The molecule has 0 fully saturated rings. The second-order valence-electron chi connectivity index (χ2n) is 8.41. The smallest absolute Gasteiger partial charge is 0.417 e. The van der Waals surface area contributed by atoms with Crippen LogP contribution in [-0.2, 0) is 6.18 Å². The number of nitrogens with zero attached hydrogens (tertiary/aromatic N) is 2. The molecule has 0 aliphatic heterocycles. The van der Waals surface area contributed by atoms with E-state index in [1.165, 1.54) is 31.4 Å². The molecule has 0 aliphatic rings. The number of anilines is 2. The topological polar surface area (TPSA) is 105 Å². The van der Waals surface area contributed by atoms with Gasteiger partial charge >= 0.3 is 12.2 Å². The van der Waals surface area contributed by atoms with E-state index in [1.807, 2.05) is 0 Å². The Hall–Kier alpha value is -4.97. The minimum atomic E-state index is -4.66. The number of aromatic nitrogens is 2. The Kier molecular flexibility index (Phi) is 7.34. The monoisotopic (exact) mass is 563 g/mol. The Morgan fingerprint density at radius 3 is 2.33 bits per heavy atom. The van der Waals surface area contributed by atoms with Gasteiger partial charge < -0.3 is 20.7 Å². The van der Waals surface area contributed by atoms with Crippen molar-refractivity contribution in [1.29, 1.82) is 0 Å². The van der Waals surface area contributed by atoms with E-state index in [4.69, 9.17) is 4.74 Å². The first-order valence-corrected chi connectivity index (χ1v) is 12.6. The van der Waals surface area contributed by atoms with E-state index in [-0.39, 0.29) is 27.9 Å². The summed E-state index contributed by atoms with van der Waals surface area (Å²) in [6, 6.07) is 19.3. The summed E-state index contributed by atoms with van der Waals surface area (Å²) in [6.45, 7) is 0. The van der Waals surface area contributed by atoms with Crippen LogP contribution in [-0.4, -0.2) is 29.0 Å². The minimum absolute atomic E-state index is 0.0285. The van der Waals surface area contributed by atoms with Gasteiger partial charge in [-0.25, -0.2) is 9.78 Å². The highest BCUT2D eigenvalue weighted by molar-refractivity contribution is 7.21. The fourth-order valence-corrected chi connectivity index (χ4v) is 4.80. The van der Waals surface area contributed by atoms with Gasteiger partial charge in [0.2, 0.25) is 0 Å². The van der Waals surface area contributed by atoms with Crippen LogP contribution >= 0.6 is 11.3 Å². The van der Waals surface area contributed by atoms with Crippen molar-refractivity contribution in [3.8, 4) is 22.1 Å². The number of urea groups is 1. The number of benzene rings is 3. The van der Waals surface area contributed by atoms with E-state index in [1.54, 1.807) is 54.6 Å². The second kappa shape index (κ2) is 11.0. The third-order valence-electron chi connectivity index (χ3n) is 5.65. The van der Waals surface area contributed by atoms with Crippen molar-refractivity contribution in [3.63, 3.8) is 0 Å². The van der Waals surface area contributed by atoms with E-state index in [2.05, 4.69) is 25.9 Å². The number of hydrogen-bond acceptors (Lipinski definition) is 6. The molecule has 0 unspecified atom stereocenters. The first kappa shape index (κ1) is 26.6. The van der Waals surface area contributed by atoms with Crippen molar-refractivity contribution < 1.29 is 27.5 Å². The number of rotatable bonds is 6. The van der Waals surface area contributed by atoms with E-state index in [0.717, 1.165) is 22.1 Å². The van der Waals surface area contributed by atoms with Crippen LogP contribution in [0.3, 0.4) is 0 Å². The van der Waals surface area contributed by atoms with Crippen molar-refractivity contribution in [3.05, 3.63) is 96.3 Å². The number of hydrogen-bond donors (Lipinski definition) is 3. The molecule has 0 saturated heterocycles. The number of nitrogens with one attached hydrogen (secondary N) is 3. The Morgan fingerprint density at radius 2 is 1.60 bits per heavy atom. The third-order valence-corrected chi connectivity index (χ3v) is 6.72. The summed E-state index contributed by atoms with van der Waals surface area (Å²) >= 11 is 1.16. The van der Waals surface area contributed by atoms with Crippen molar-refractivity contribution in [1.82, 2.24) is 15.3 Å². The number of halogens is 3. The highest BCUT2D eigenvalue weighted by Crippen LogP contribution is 2.41. The van der Waals surface area contributed by atoms with Gasteiger partial charge in [0.15, 0.2) is 0 Å². The largest absolute Gasteiger partial charge is 0.457 e. The molecule has 2 aromatic heterocycles. The fraction of sp³-hybridized carbons (Fsp3) is 0.0714. The van der Waals surface area contributed by atoms with Crippen LogP contribution in [0.1, 0.15) is 16.1 Å². The van der Waals surface area contributed by atoms with Crippen LogP contribution < -0.4 is 20.7 Å². The minimum Gasteiger partial charge on any atom is -0.457 e. The van der Waals surface area contributed by atoms with Gasteiger partial charge in [-0.05, 0) is 60.7 Å². The molecule has 0 bridgehead atoms. The summed E-state index contributed by atoms with van der Waals surface area (Å²) < 4.78 is 48.3. The van der Waals surface area contributed by atoms with Gasteiger partial charge in [-0.3, -0.25) is 9.78 Å². The van der Waals surface area contributed by atoms with Gasteiger partial charge in [0.05, 0.1) is 15.8 Å². The number of ether oxygens (including phenoxy) is 1. The zero-order chi connectivity index (χ0) is 28.3. The standard InChI is InChI=1S/C28H20F3N5O3S/c1-32-25(37)23-15-19(12-13-33-23)39-18-9-6-16(7-10-18)34-27(38)35-17-8-11-20(21(14-17)28(29,30)31)26-36-22-4-2-3-5-24(22)40-26/h2-15H,1H3,(H,32,37)(H2,34,35,38). The Morgan fingerprint density at radius 1 is 0.875 bits per heavy atom. The predicted octanol–water partition coefficient (Wildman–Crippen LogP) is 7.17. The highest BCUT2D eigenvalue weighted by Gasteiger charge is 2.35. The van der Waals surface area contributed by atoms with Gasteiger partial charge in [-0.2, -0.15) is 13.2 Å². The summed E-state index contributed by atoms with van der Waals surface area (Å²) in [6.07, 6.45) is -3.22. The Bertz CT molecular complexity index is 1670. The van der Waals surface area contributed by atoms with Gasteiger partial charge in [-0.15, -0.1) is 11.3 Å². The van der Waals surface area contributed by atoms with Crippen LogP contribution in [0.15, 0.2) is 85.1 Å². The van der Waals surface area contributed by atoms with Crippen LogP contribution in [0, 0.1) is 0 Å². The van der Waals surface area contributed by atoms with Gasteiger partial charge in [-0.1, -0.05) is 12.1 Å². The maximum Gasteiger partial charge on any atom is 0.417 e. The van der Waals surface area contributed by atoms with E-state index >= 15 is 0 Å². The number of carbonyl (C=O) groups excluding carboxylic acids is 2. The SMILES string of the molecule is CNC(=O)c1cc(Oc2ccc(NC(=O)Nc3ccc(-c4nc5ccccc5s4)c(C(F)(F)F)c3)cc2)ccn1. The van der Waals surface area contributed by atoms with Crippen LogP contribution in [0.25, 0.3) is 20.8 Å². The molecule has 5 aromatic rings. The molecule has 0 saturated carbocycles. The molecule has 0 radical (unpaired) electrons. The number of fused-ring (bicyclic) bond motifs is 1. The van der Waals surface area contributed by atoms with Crippen molar-refractivity contribution in [2.75, 3.05) is 17.7 Å². The third kappa shape index (κ3) is 6.02. The molecule has 12 heteroatoms. The lowest BCUT2D eigenvalue weighted by Crippen LogP contribution is -2.20. The zero-order valence-corrected chi connectivity index (χ0v) is 21.6. The molecule has 3 N–H and O–H groups in total. The molecule has 0 spiro atoms.